The minimum atomic E-state index is -3.86. The van der Waals surface area contributed by atoms with Gasteiger partial charge in [0, 0.05) is 23.2 Å². The number of rotatable bonds is 5. The van der Waals surface area contributed by atoms with Crippen LogP contribution in [-0.2, 0) is 35.7 Å². The van der Waals surface area contributed by atoms with Gasteiger partial charge in [-0.15, -0.1) is 0 Å². The molecule has 1 aromatic rings. The Morgan fingerprint density at radius 2 is 1.86 bits per heavy atom. The molecule has 2 N–H and O–H groups in total. The van der Waals surface area contributed by atoms with Crippen molar-refractivity contribution < 1.29 is 13.2 Å². The van der Waals surface area contributed by atoms with Crippen LogP contribution in [-0.4, -0.2) is 38.0 Å². The zero-order valence-corrected chi connectivity index (χ0v) is 17.2. The maximum absolute atomic E-state index is 12.5. The summed E-state index contributed by atoms with van der Waals surface area (Å²) >= 11 is 0. The summed E-state index contributed by atoms with van der Waals surface area (Å²) in [6.45, 7) is 7.37. The summed E-state index contributed by atoms with van der Waals surface area (Å²) in [6, 6.07) is 1.59. The van der Waals surface area contributed by atoms with Gasteiger partial charge >= 0.3 is 6.03 Å². The molecule has 1 saturated heterocycles. The van der Waals surface area contributed by atoms with Crippen LogP contribution in [0.25, 0.3) is 0 Å². The molecule has 0 spiro atoms. The lowest BCUT2D eigenvalue weighted by molar-refractivity contribution is 0.0533. The molecule has 1 unspecified atom stereocenters. The number of anilines is 1. The maximum atomic E-state index is 12.5. The van der Waals surface area contributed by atoms with E-state index in [1.165, 1.54) is 22.3 Å². The lowest BCUT2D eigenvalue weighted by Gasteiger charge is -2.48. The molecule has 1 fully saturated rings. The van der Waals surface area contributed by atoms with Gasteiger partial charge in [0.1, 0.15) is 0 Å². The van der Waals surface area contributed by atoms with Gasteiger partial charge < -0.3 is 5.32 Å². The molecule has 1 atom stereocenters. The van der Waals surface area contributed by atoms with Crippen LogP contribution >= 0.6 is 0 Å². The maximum Gasteiger partial charge on any atom is 0.333 e. The van der Waals surface area contributed by atoms with Crippen molar-refractivity contribution in [3.63, 3.8) is 0 Å². The molecule has 1 aliphatic heterocycles. The van der Waals surface area contributed by atoms with Crippen LogP contribution in [0.2, 0.25) is 0 Å². The van der Waals surface area contributed by atoms with Crippen LogP contribution in [0, 0.1) is 6.92 Å². The van der Waals surface area contributed by atoms with E-state index in [9.17, 15) is 13.2 Å². The van der Waals surface area contributed by atoms with E-state index in [0.717, 1.165) is 62.6 Å². The molecular formula is C21H28N3O3S. The van der Waals surface area contributed by atoms with Gasteiger partial charge in [-0.05, 0) is 87.6 Å². The molecule has 7 heteroatoms. The van der Waals surface area contributed by atoms with Crippen molar-refractivity contribution in [1.29, 1.82) is 0 Å². The normalized spacial score (nSPS) is 24.1. The van der Waals surface area contributed by atoms with Crippen LogP contribution in [0.15, 0.2) is 17.6 Å². The van der Waals surface area contributed by atoms with Crippen molar-refractivity contribution in [3.05, 3.63) is 46.7 Å². The number of amides is 2. The topological polar surface area (TPSA) is 78.5 Å². The SMILES string of the molecule is [CH2]CN1CCC1(C)C=CS(=O)(=O)NC(=O)Nc1c2c(cc3c1CCC3)CCC2. The molecule has 1 aromatic carbocycles. The van der Waals surface area contributed by atoms with Gasteiger partial charge in [0.25, 0.3) is 10.0 Å². The lowest BCUT2D eigenvalue weighted by atomic mass is 9.87. The van der Waals surface area contributed by atoms with E-state index in [0.29, 0.717) is 6.54 Å². The zero-order chi connectivity index (χ0) is 19.9. The first-order valence-corrected chi connectivity index (χ1v) is 11.6. The first kappa shape index (κ1) is 19.5. The molecule has 2 amide bonds. The van der Waals surface area contributed by atoms with E-state index in [1.807, 2.05) is 6.92 Å². The predicted octanol–water partition coefficient (Wildman–Crippen LogP) is 2.93. The number of benzene rings is 1. The Balaban J connectivity index is 1.48. The second kappa shape index (κ2) is 7.19. The third-order valence-electron chi connectivity index (χ3n) is 6.43. The van der Waals surface area contributed by atoms with Gasteiger partial charge in [0.2, 0.25) is 0 Å². The highest BCUT2D eigenvalue weighted by Crippen LogP contribution is 2.38. The van der Waals surface area contributed by atoms with Crippen molar-refractivity contribution in [1.82, 2.24) is 9.62 Å². The van der Waals surface area contributed by atoms with Crippen molar-refractivity contribution in [2.24, 2.45) is 0 Å². The third kappa shape index (κ3) is 3.57. The largest absolute Gasteiger partial charge is 0.333 e. The molecule has 1 heterocycles. The van der Waals surface area contributed by atoms with E-state index < -0.39 is 16.1 Å². The van der Waals surface area contributed by atoms with E-state index in [1.54, 1.807) is 6.08 Å². The predicted molar refractivity (Wildman–Crippen MR) is 111 cm³/mol. The smallest absolute Gasteiger partial charge is 0.307 e. The van der Waals surface area contributed by atoms with Gasteiger partial charge in [-0.3, -0.25) is 4.90 Å². The van der Waals surface area contributed by atoms with Crippen LogP contribution < -0.4 is 10.0 Å². The fourth-order valence-electron chi connectivity index (χ4n) is 4.68. The Labute approximate surface area is 167 Å². The van der Waals surface area contributed by atoms with Crippen LogP contribution in [0.4, 0.5) is 10.5 Å². The average molecular weight is 403 g/mol. The molecule has 4 rings (SSSR count). The molecule has 28 heavy (non-hydrogen) atoms. The molecule has 151 valence electrons. The molecule has 3 aliphatic rings. The molecule has 2 aliphatic carbocycles. The van der Waals surface area contributed by atoms with Crippen molar-refractivity contribution >= 4 is 21.7 Å². The Morgan fingerprint density at radius 3 is 2.39 bits per heavy atom. The number of aryl methyl sites for hydroxylation is 2. The second-order valence-electron chi connectivity index (χ2n) is 8.23. The minimum absolute atomic E-state index is 0.311. The molecule has 1 radical (unpaired) electrons. The highest BCUT2D eigenvalue weighted by Gasteiger charge is 2.37. The van der Waals surface area contributed by atoms with Crippen LogP contribution in [0.1, 0.15) is 48.4 Å². The minimum Gasteiger partial charge on any atom is -0.307 e. The Kier molecular flexibility index (Phi) is 5.00. The first-order chi connectivity index (χ1) is 13.3. The quantitative estimate of drug-likeness (QED) is 0.794. The monoisotopic (exact) mass is 402 g/mol. The first-order valence-electron chi connectivity index (χ1n) is 10.1. The summed E-state index contributed by atoms with van der Waals surface area (Å²) < 4.78 is 26.9. The number of likely N-dealkylation sites (tertiary alicyclic amines) is 1. The number of hydrogen-bond donors (Lipinski definition) is 2. The lowest BCUT2D eigenvalue weighted by Crippen LogP contribution is -2.56. The summed E-state index contributed by atoms with van der Waals surface area (Å²) in [6.07, 6.45) is 8.61. The summed E-state index contributed by atoms with van der Waals surface area (Å²) in [7, 11) is -3.86. The van der Waals surface area contributed by atoms with Crippen molar-refractivity contribution in [2.75, 3.05) is 18.4 Å². The van der Waals surface area contributed by atoms with Gasteiger partial charge in [-0.25, -0.2) is 17.9 Å². The molecule has 0 aromatic heterocycles. The van der Waals surface area contributed by atoms with Gasteiger partial charge in [0.15, 0.2) is 0 Å². The summed E-state index contributed by atoms with van der Waals surface area (Å²) in [5.41, 5.74) is 5.48. The standard InChI is InChI=1S/C21H28N3O3S/c1-3-24-12-10-21(24,2)11-13-28(26,27)23-20(25)22-19-17-8-4-6-15(17)14-16-7-5-9-18(16)19/h11,13-14H,1,3-10,12H2,2H3,(H2,22,23,25). The fraction of sp³-hybridized carbons (Fsp3) is 0.524. The summed E-state index contributed by atoms with van der Waals surface area (Å²) in [4.78, 5) is 14.6. The van der Waals surface area contributed by atoms with Crippen molar-refractivity contribution in [2.45, 2.75) is 57.4 Å². The number of nitrogens with zero attached hydrogens (tertiary/aromatic N) is 1. The second-order valence-corrected chi connectivity index (χ2v) is 9.80. The molecule has 6 nitrogen and oxygen atoms in total. The molecular weight excluding hydrogens is 374 g/mol. The number of sulfonamides is 1. The Hall–Kier alpha value is -1.86. The van der Waals surface area contributed by atoms with E-state index in [2.05, 4.69) is 27.9 Å². The van der Waals surface area contributed by atoms with E-state index in [-0.39, 0.29) is 5.54 Å². The zero-order valence-electron chi connectivity index (χ0n) is 16.4. The van der Waals surface area contributed by atoms with Gasteiger partial charge in [-0.2, -0.15) is 0 Å². The van der Waals surface area contributed by atoms with Crippen LogP contribution in [0.3, 0.4) is 0 Å². The van der Waals surface area contributed by atoms with E-state index in [4.69, 9.17) is 0 Å². The highest BCUT2D eigenvalue weighted by molar-refractivity contribution is 7.92. The molecule has 0 bridgehead atoms. The number of hydrogen-bond acceptors (Lipinski definition) is 4. The van der Waals surface area contributed by atoms with Crippen molar-refractivity contribution in [3.8, 4) is 0 Å². The number of fused-ring (bicyclic) bond motifs is 2. The van der Waals surface area contributed by atoms with Crippen LogP contribution in [0.5, 0.6) is 0 Å². The fourth-order valence-corrected chi connectivity index (χ4v) is 5.53. The summed E-state index contributed by atoms with van der Waals surface area (Å²) in [5.74, 6) is 0. The summed E-state index contributed by atoms with van der Waals surface area (Å²) in [5, 5.41) is 3.97. The number of nitrogens with one attached hydrogen (secondary N) is 2. The van der Waals surface area contributed by atoms with E-state index >= 15 is 0 Å². The Morgan fingerprint density at radius 1 is 1.21 bits per heavy atom. The highest BCUT2D eigenvalue weighted by atomic mass is 32.2. The van der Waals surface area contributed by atoms with Gasteiger partial charge in [-0.1, -0.05) is 12.1 Å². The third-order valence-corrected chi connectivity index (χ3v) is 7.40. The number of urea groups is 1. The average Bonchev–Trinajstić information content (AvgIpc) is 3.27. The Bertz CT molecular complexity index is 904. The van der Waals surface area contributed by atoms with Gasteiger partial charge in [0.05, 0.1) is 0 Å². The number of carbonyl (C=O) groups excluding carboxylic acids is 1. The number of carbonyl (C=O) groups is 1. The molecule has 0 saturated carbocycles.